The van der Waals surface area contributed by atoms with Crippen LogP contribution in [0.25, 0.3) is 21.7 Å². The number of aromatic nitrogens is 1. The van der Waals surface area contributed by atoms with Crippen LogP contribution < -0.4 is 4.90 Å². The van der Waals surface area contributed by atoms with Gasteiger partial charge in [-0.05, 0) is 50.5 Å². The Kier molecular flexibility index (Phi) is 4.86. The Morgan fingerprint density at radius 3 is 2.11 bits per heavy atom. The van der Waals surface area contributed by atoms with Crippen molar-refractivity contribution >= 4 is 51.3 Å². The molecule has 0 atom stereocenters. The van der Waals surface area contributed by atoms with Crippen LogP contribution in [0, 0.1) is 0 Å². The van der Waals surface area contributed by atoms with Gasteiger partial charge in [-0.15, -0.1) is 0 Å². The van der Waals surface area contributed by atoms with Crippen molar-refractivity contribution in [1.82, 2.24) is 9.88 Å². The Balaban J connectivity index is 1.96. The van der Waals surface area contributed by atoms with E-state index < -0.39 is 0 Å². The summed E-state index contributed by atoms with van der Waals surface area (Å²) < 4.78 is 0. The second-order valence-electron chi connectivity index (χ2n) is 6.93. The molecule has 4 rings (SSSR count). The third kappa shape index (κ3) is 3.43. The molecule has 0 saturated carbocycles. The molecule has 1 saturated heterocycles. The van der Waals surface area contributed by atoms with E-state index in [9.17, 15) is 0 Å². The smallest absolute Gasteiger partial charge is 0.137 e. The summed E-state index contributed by atoms with van der Waals surface area (Å²) in [5.74, 6) is 1.05. The fraction of sp³-hybridized carbons (Fsp3) is 0.318. The van der Waals surface area contributed by atoms with E-state index in [2.05, 4.69) is 63.2 Å². The molecule has 1 aromatic heterocycles. The number of fused-ring (bicyclic) bond motifs is 3. The molecule has 138 valence electrons. The number of hydrogen-bond acceptors (Lipinski definition) is 5. The minimum Gasteiger partial charge on any atom is -0.354 e. The van der Waals surface area contributed by atoms with Crippen molar-refractivity contribution in [3.05, 3.63) is 36.4 Å². The van der Waals surface area contributed by atoms with Gasteiger partial charge in [0, 0.05) is 49.4 Å². The Hall–Kier alpha value is -2.79. The number of pyridine rings is 1. The second-order valence-corrected chi connectivity index (χ2v) is 6.93. The van der Waals surface area contributed by atoms with E-state index in [0.717, 1.165) is 54.3 Å². The molecule has 2 aromatic carbocycles. The number of hydrogen-bond donors (Lipinski definition) is 0. The lowest BCUT2D eigenvalue weighted by atomic mass is 10.0. The summed E-state index contributed by atoms with van der Waals surface area (Å²) >= 11 is 0. The van der Waals surface area contributed by atoms with Gasteiger partial charge < -0.3 is 9.80 Å². The minimum atomic E-state index is 0.938. The molecule has 27 heavy (non-hydrogen) atoms. The van der Waals surface area contributed by atoms with Crippen LogP contribution in [0.5, 0.6) is 0 Å². The first-order valence-electron chi connectivity index (χ1n) is 9.48. The highest BCUT2D eigenvalue weighted by Crippen LogP contribution is 2.35. The van der Waals surface area contributed by atoms with Crippen LogP contribution >= 0.6 is 0 Å². The van der Waals surface area contributed by atoms with Crippen molar-refractivity contribution in [1.29, 1.82) is 0 Å². The van der Waals surface area contributed by atoms with Crippen LogP contribution in [-0.4, -0.2) is 55.5 Å². The van der Waals surface area contributed by atoms with Crippen LogP contribution in [0.15, 0.2) is 46.4 Å². The Morgan fingerprint density at radius 2 is 1.44 bits per heavy atom. The van der Waals surface area contributed by atoms with Gasteiger partial charge in [-0.3, -0.25) is 9.98 Å². The maximum Gasteiger partial charge on any atom is 0.137 e. The highest BCUT2D eigenvalue weighted by Gasteiger charge is 2.19. The van der Waals surface area contributed by atoms with E-state index in [1.165, 1.54) is 10.8 Å². The topological polar surface area (TPSA) is 44.1 Å². The predicted molar refractivity (Wildman–Crippen MR) is 117 cm³/mol. The summed E-state index contributed by atoms with van der Waals surface area (Å²) in [6.45, 7) is 7.95. The number of rotatable bonds is 3. The standard InChI is InChI=1S/C22H25N5/c1-4-23-16-6-8-18-19-9-7-17(24-5-2)15-21(19)25-22(20(18)14-16)27-12-10-26(3)11-13-27/h4-9,14-15H,10-13H2,1-3H3. The molecule has 1 aliphatic rings. The lowest BCUT2D eigenvalue weighted by molar-refractivity contribution is 0.312. The van der Waals surface area contributed by atoms with Crippen molar-refractivity contribution in [3.8, 4) is 0 Å². The predicted octanol–water partition coefficient (Wildman–Crippen LogP) is 4.58. The van der Waals surface area contributed by atoms with Crippen LogP contribution in [0.1, 0.15) is 13.8 Å². The molecule has 0 bridgehead atoms. The maximum absolute atomic E-state index is 5.08. The van der Waals surface area contributed by atoms with Crippen molar-refractivity contribution in [2.75, 3.05) is 38.1 Å². The molecular formula is C22H25N5. The van der Waals surface area contributed by atoms with Crippen LogP contribution in [0.3, 0.4) is 0 Å². The van der Waals surface area contributed by atoms with Gasteiger partial charge in [0.1, 0.15) is 5.82 Å². The van der Waals surface area contributed by atoms with Gasteiger partial charge in [0.25, 0.3) is 0 Å². The summed E-state index contributed by atoms with van der Waals surface area (Å²) in [7, 11) is 2.17. The third-order valence-electron chi connectivity index (χ3n) is 5.10. The lowest BCUT2D eigenvalue weighted by Crippen LogP contribution is -2.44. The zero-order valence-corrected chi connectivity index (χ0v) is 16.2. The molecule has 3 aromatic rings. The monoisotopic (exact) mass is 359 g/mol. The molecule has 5 nitrogen and oxygen atoms in total. The zero-order chi connectivity index (χ0) is 18.8. The molecule has 1 fully saturated rings. The largest absolute Gasteiger partial charge is 0.354 e. The summed E-state index contributed by atoms with van der Waals surface area (Å²) in [5.41, 5.74) is 2.90. The quantitative estimate of drug-likeness (QED) is 0.508. The fourth-order valence-corrected chi connectivity index (χ4v) is 3.68. The van der Waals surface area contributed by atoms with Crippen molar-refractivity contribution in [3.63, 3.8) is 0 Å². The van der Waals surface area contributed by atoms with Crippen molar-refractivity contribution in [2.45, 2.75) is 13.8 Å². The molecule has 5 heteroatoms. The Bertz CT molecular complexity index is 1030. The van der Waals surface area contributed by atoms with Gasteiger partial charge in [-0.2, -0.15) is 0 Å². The van der Waals surface area contributed by atoms with Crippen molar-refractivity contribution < 1.29 is 0 Å². The molecule has 0 unspecified atom stereocenters. The van der Waals surface area contributed by atoms with Gasteiger partial charge in [0.15, 0.2) is 0 Å². The number of aliphatic imine (C=N–C) groups is 2. The first kappa shape index (κ1) is 17.6. The van der Waals surface area contributed by atoms with E-state index in [1.807, 2.05) is 26.3 Å². The number of anilines is 1. The van der Waals surface area contributed by atoms with E-state index >= 15 is 0 Å². The molecule has 0 aliphatic carbocycles. The van der Waals surface area contributed by atoms with Crippen LogP contribution in [0.2, 0.25) is 0 Å². The summed E-state index contributed by atoms with van der Waals surface area (Å²) in [6, 6.07) is 12.7. The fourth-order valence-electron chi connectivity index (χ4n) is 3.68. The van der Waals surface area contributed by atoms with E-state index in [1.54, 1.807) is 0 Å². The van der Waals surface area contributed by atoms with Gasteiger partial charge in [0.2, 0.25) is 0 Å². The number of likely N-dealkylation sites (N-methyl/N-ethyl adjacent to an activating group) is 1. The molecule has 1 aliphatic heterocycles. The van der Waals surface area contributed by atoms with E-state index in [4.69, 9.17) is 4.98 Å². The summed E-state index contributed by atoms with van der Waals surface area (Å²) in [5, 5.41) is 3.54. The molecule has 2 heterocycles. The Labute approximate surface area is 160 Å². The number of piperazine rings is 1. The number of nitrogens with zero attached hydrogens (tertiary/aromatic N) is 5. The van der Waals surface area contributed by atoms with Crippen LogP contribution in [-0.2, 0) is 0 Å². The average Bonchev–Trinajstić information content (AvgIpc) is 2.68. The highest BCUT2D eigenvalue weighted by atomic mass is 15.3. The minimum absolute atomic E-state index is 0.938. The second kappa shape index (κ2) is 7.45. The Morgan fingerprint density at radius 1 is 0.815 bits per heavy atom. The number of benzene rings is 2. The van der Waals surface area contributed by atoms with E-state index in [-0.39, 0.29) is 0 Å². The molecule has 0 spiro atoms. The normalized spacial score (nSPS) is 16.3. The zero-order valence-electron chi connectivity index (χ0n) is 16.2. The third-order valence-corrected chi connectivity index (χ3v) is 5.10. The maximum atomic E-state index is 5.08. The van der Waals surface area contributed by atoms with Crippen molar-refractivity contribution in [2.24, 2.45) is 9.98 Å². The van der Waals surface area contributed by atoms with Gasteiger partial charge in [0.05, 0.1) is 16.9 Å². The van der Waals surface area contributed by atoms with Gasteiger partial charge in [-0.1, -0.05) is 12.1 Å². The average molecular weight is 359 g/mol. The van der Waals surface area contributed by atoms with Gasteiger partial charge >= 0.3 is 0 Å². The van der Waals surface area contributed by atoms with Gasteiger partial charge in [-0.25, -0.2) is 4.98 Å². The SMILES string of the molecule is CC=Nc1ccc2c(c1)nc(N1CCN(C)CC1)c1cc(N=CC)ccc12. The first-order valence-corrected chi connectivity index (χ1v) is 9.48. The lowest BCUT2D eigenvalue weighted by Gasteiger charge is -2.34. The molecule has 0 N–H and O–H groups in total. The summed E-state index contributed by atoms with van der Waals surface area (Å²) in [6.07, 6.45) is 3.65. The molecular weight excluding hydrogens is 334 g/mol. The van der Waals surface area contributed by atoms with E-state index in [0.29, 0.717) is 0 Å². The van der Waals surface area contributed by atoms with Crippen LogP contribution in [0.4, 0.5) is 17.2 Å². The molecule has 0 amide bonds. The highest BCUT2D eigenvalue weighted by molar-refractivity contribution is 6.11. The summed E-state index contributed by atoms with van der Waals surface area (Å²) in [4.78, 5) is 18.7. The molecule has 0 radical (unpaired) electrons. The first-order chi connectivity index (χ1) is 13.2.